The second-order valence-corrected chi connectivity index (χ2v) is 9.86. The molecule has 4 nitrogen and oxygen atoms in total. The Kier molecular flexibility index (Phi) is 4.48. The zero-order valence-electron chi connectivity index (χ0n) is 17.8. The van der Waals surface area contributed by atoms with Gasteiger partial charge in [0.15, 0.2) is 5.78 Å². The summed E-state index contributed by atoms with van der Waals surface area (Å²) in [5, 5.41) is 0. The maximum absolute atomic E-state index is 12.9. The second-order valence-electron chi connectivity index (χ2n) is 9.86. The number of allylic oxidation sites excluding steroid dienone is 3. The first-order chi connectivity index (χ1) is 13.1. The van der Waals surface area contributed by atoms with Crippen LogP contribution in [0.25, 0.3) is 0 Å². The zero-order chi connectivity index (χ0) is 20.4. The quantitative estimate of drug-likeness (QED) is 0.654. The Morgan fingerprint density at radius 3 is 2.54 bits per heavy atom. The molecule has 0 aromatic rings. The van der Waals surface area contributed by atoms with Crippen molar-refractivity contribution in [2.24, 2.45) is 28.6 Å². The molecule has 0 radical (unpaired) electrons. The van der Waals surface area contributed by atoms with Gasteiger partial charge >= 0.3 is 5.97 Å². The third-order valence-corrected chi connectivity index (χ3v) is 8.80. The Hall–Kier alpha value is -1.71. The summed E-state index contributed by atoms with van der Waals surface area (Å²) in [6, 6.07) is 0. The molecule has 0 aliphatic heterocycles. The van der Waals surface area contributed by atoms with Gasteiger partial charge in [0.1, 0.15) is 11.9 Å². The molecule has 0 aromatic heterocycles. The van der Waals surface area contributed by atoms with Crippen LogP contribution in [0.4, 0.5) is 0 Å². The van der Waals surface area contributed by atoms with Crippen molar-refractivity contribution in [1.29, 1.82) is 0 Å². The number of fused-ring (bicyclic) bond motifs is 5. The molecule has 6 atom stereocenters. The van der Waals surface area contributed by atoms with Gasteiger partial charge in [-0.3, -0.25) is 14.4 Å². The number of esters is 1. The van der Waals surface area contributed by atoms with Crippen LogP contribution >= 0.6 is 0 Å². The van der Waals surface area contributed by atoms with Crippen molar-refractivity contribution in [3.8, 4) is 0 Å². The first-order valence-corrected chi connectivity index (χ1v) is 10.8. The Balaban J connectivity index is 1.75. The molecule has 4 rings (SSSR count). The van der Waals surface area contributed by atoms with E-state index in [-0.39, 0.29) is 22.6 Å². The first kappa shape index (κ1) is 19.6. The lowest BCUT2D eigenvalue weighted by Gasteiger charge is -2.57. The lowest BCUT2D eigenvalue weighted by Crippen LogP contribution is -2.51. The number of carbonyl (C=O) groups excluding carboxylic acids is 3. The van der Waals surface area contributed by atoms with Crippen LogP contribution in [0, 0.1) is 28.6 Å². The number of hydrogen-bond donors (Lipinski definition) is 0. The molecule has 0 bridgehead atoms. The minimum absolute atomic E-state index is 0.00568. The normalized spacial score (nSPS) is 41.0. The van der Waals surface area contributed by atoms with Gasteiger partial charge in [-0.05, 0) is 69.8 Å². The summed E-state index contributed by atoms with van der Waals surface area (Å²) >= 11 is 0. The molecule has 0 spiro atoms. The molecule has 0 saturated heterocycles. The van der Waals surface area contributed by atoms with Crippen molar-refractivity contribution in [2.75, 3.05) is 0 Å². The minimum Gasteiger partial charge on any atom is -0.458 e. The lowest BCUT2D eigenvalue weighted by molar-refractivity contribution is -0.144. The van der Waals surface area contributed by atoms with Crippen LogP contribution in [0.5, 0.6) is 0 Å². The summed E-state index contributed by atoms with van der Waals surface area (Å²) in [5.41, 5.74) is 2.65. The van der Waals surface area contributed by atoms with Gasteiger partial charge in [0.05, 0.1) is 0 Å². The van der Waals surface area contributed by atoms with Gasteiger partial charge in [0.25, 0.3) is 0 Å². The molecule has 4 aliphatic rings. The van der Waals surface area contributed by atoms with Crippen LogP contribution in [0.15, 0.2) is 22.8 Å². The van der Waals surface area contributed by atoms with Crippen LogP contribution in [-0.4, -0.2) is 23.6 Å². The number of carbonyl (C=O) groups is 3. The summed E-state index contributed by atoms with van der Waals surface area (Å²) < 4.78 is 5.40. The summed E-state index contributed by atoms with van der Waals surface area (Å²) in [4.78, 5) is 37.0. The van der Waals surface area contributed by atoms with Crippen molar-refractivity contribution in [1.82, 2.24) is 0 Å². The molecule has 0 aromatic carbocycles. The van der Waals surface area contributed by atoms with E-state index in [4.69, 9.17) is 4.74 Å². The van der Waals surface area contributed by atoms with E-state index >= 15 is 0 Å². The molecule has 0 unspecified atom stereocenters. The van der Waals surface area contributed by atoms with Crippen molar-refractivity contribution in [3.05, 3.63) is 22.8 Å². The monoisotopic (exact) mass is 384 g/mol. The van der Waals surface area contributed by atoms with Gasteiger partial charge in [0, 0.05) is 29.7 Å². The highest BCUT2D eigenvalue weighted by Gasteiger charge is 2.60. The summed E-state index contributed by atoms with van der Waals surface area (Å²) in [6.07, 6.45) is 7.03. The molecule has 3 fully saturated rings. The van der Waals surface area contributed by atoms with E-state index in [1.54, 1.807) is 6.92 Å². The van der Waals surface area contributed by atoms with E-state index in [9.17, 15) is 14.4 Å². The fourth-order valence-electron chi connectivity index (χ4n) is 7.25. The predicted molar refractivity (Wildman–Crippen MR) is 106 cm³/mol. The molecule has 28 heavy (non-hydrogen) atoms. The second kappa shape index (κ2) is 6.40. The standard InChI is InChI=1S/C24H32O4/c1-13-22(14(2)28-15(3)25)20(26)12-16-6-7-17-18-8-9-21(27)23(18,4)11-10-19(17)24(13,16)5/h12,14,17-19H,6-11H2,1-5H3/t14-,17-,18-,19-,23-,24-/m0/s1. The highest BCUT2D eigenvalue weighted by molar-refractivity contribution is 6.07. The van der Waals surface area contributed by atoms with Crippen LogP contribution < -0.4 is 0 Å². The Labute approximate surface area is 167 Å². The molecule has 0 heterocycles. The van der Waals surface area contributed by atoms with Crippen LogP contribution in [0.3, 0.4) is 0 Å². The molecule has 0 N–H and O–H groups in total. The fourth-order valence-corrected chi connectivity index (χ4v) is 7.25. The van der Waals surface area contributed by atoms with E-state index in [2.05, 4.69) is 20.8 Å². The first-order valence-electron chi connectivity index (χ1n) is 10.8. The molecule has 0 amide bonds. The third kappa shape index (κ3) is 2.52. The Morgan fingerprint density at radius 2 is 1.86 bits per heavy atom. The summed E-state index contributed by atoms with van der Waals surface area (Å²) in [6.45, 7) is 9.73. The van der Waals surface area contributed by atoms with Gasteiger partial charge in [-0.1, -0.05) is 25.0 Å². The largest absolute Gasteiger partial charge is 0.458 e. The van der Waals surface area contributed by atoms with Gasteiger partial charge in [-0.2, -0.15) is 0 Å². The van der Waals surface area contributed by atoms with E-state index in [0.717, 1.165) is 44.1 Å². The van der Waals surface area contributed by atoms with E-state index in [1.165, 1.54) is 12.5 Å². The number of ketones is 2. The maximum atomic E-state index is 12.9. The van der Waals surface area contributed by atoms with Crippen LogP contribution in [0.2, 0.25) is 0 Å². The molecular weight excluding hydrogens is 352 g/mol. The Morgan fingerprint density at radius 1 is 1.14 bits per heavy atom. The zero-order valence-corrected chi connectivity index (χ0v) is 17.8. The topological polar surface area (TPSA) is 60.4 Å². The van der Waals surface area contributed by atoms with E-state index in [0.29, 0.717) is 29.1 Å². The van der Waals surface area contributed by atoms with Crippen LogP contribution in [0.1, 0.15) is 73.1 Å². The molecule has 4 heteroatoms. The fraction of sp³-hybridized carbons (Fsp3) is 0.708. The van der Waals surface area contributed by atoms with Crippen molar-refractivity contribution in [3.63, 3.8) is 0 Å². The molecular formula is C24H32O4. The van der Waals surface area contributed by atoms with Crippen molar-refractivity contribution >= 4 is 17.5 Å². The minimum atomic E-state index is -0.526. The van der Waals surface area contributed by atoms with Gasteiger partial charge < -0.3 is 4.74 Å². The summed E-state index contributed by atoms with van der Waals surface area (Å²) in [7, 11) is 0. The summed E-state index contributed by atoms with van der Waals surface area (Å²) in [5.74, 6) is 1.54. The average Bonchev–Trinajstić information content (AvgIpc) is 2.91. The van der Waals surface area contributed by atoms with E-state index in [1.807, 2.05) is 6.08 Å². The smallest absolute Gasteiger partial charge is 0.303 e. The maximum Gasteiger partial charge on any atom is 0.303 e. The number of rotatable bonds is 2. The van der Waals surface area contributed by atoms with Crippen molar-refractivity contribution < 1.29 is 19.1 Å². The van der Waals surface area contributed by atoms with Crippen LogP contribution in [-0.2, 0) is 19.1 Å². The molecule has 4 aliphatic carbocycles. The highest BCUT2D eigenvalue weighted by Crippen LogP contribution is 2.65. The third-order valence-electron chi connectivity index (χ3n) is 8.80. The highest BCUT2D eigenvalue weighted by atomic mass is 16.5. The average molecular weight is 385 g/mol. The Bertz CT molecular complexity index is 818. The SMILES string of the molecule is CC(=O)O[C@@H](C)C1=C(C)[C@@]2(C)C(=CC1=O)CC[C@@H]1[C@@H]2CC[C@]2(C)C(=O)CC[C@@H]12. The predicted octanol–water partition coefficient (Wildman–Crippen LogP) is 4.58. The van der Waals surface area contributed by atoms with E-state index < -0.39 is 6.10 Å². The number of ether oxygens (including phenoxy) is 1. The molecule has 3 saturated carbocycles. The number of hydrogen-bond acceptors (Lipinski definition) is 4. The van der Waals surface area contributed by atoms with Gasteiger partial charge in [-0.15, -0.1) is 0 Å². The van der Waals surface area contributed by atoms with Gasteiger partial charge in [0.2, 0.25) is 0 Å². The van der Waals surface area contributed by atoms with Gasteiger partial charge in [-0.25, -0.2) is 0 Å². The number of Topliss-reactive ketones (excluding diaryl/α,β-unsaturated/α-hetero) is 1. The van der Waals surface area contributed by atoms with Crippen molar-refractivity contribution in [2.45, 2.75) is 79.2 Å². The lowest BCUT2D eigenvalue weighted by atomic mass is 9.46. The molecule has 152 valence electrons.